The van der Waals surface area contributed by atoms with Crippen molar-refractivity contribution in [2.45, 2.75) is 58.1 Å². The number of hydrogen-bond acceptors (Lipinski definition) is 3. The second kappa shape index (κ2) is 5.35. The lowest BCUT2D eigenvalue weighted by molar-refractivity contribution is -0.155. The van der Waals surface area contributed by atoms with Gasteiger partial charge in [-0.05, 0) is 26.2 Å². The third-order valence-corrected chi connectivity index (χ3v) is 3.01. The van der Waals surface area contributed by atoms with Crippen molar-refractivity contribution in [3.05, 3.63) is 0 Å². The van der Waals surface area contributed by atoms with E-state index in [2.05, 4.69) is 0 Å². The van der Waals surface area contributed by atoms with Gasteiger partial charge in [-0.15, -0.1) is 0 Å². The minimum atomic E-state index is -0.0912. The molecule has 0 aromatic rings. The van der Waals surface area contributed by atoms with E-state index in [0.29, 0.717) is 0 Å². The van der Waals surface area contributed by atoms with Crippen molar-refractivity contribution in [3.8, 4) is 0 Å². The second-order valence-electron chi connectivity index (χ2n) is 4.21. The molecule has 3 nitrogen and oxygen atoms in total. The maximum absolute atomic E-state index is 11.7. The van der Waals surface area contributed by atoms with Crippen molar-refractivity contribution in [1.82, 2.24) is 0 Å². The Balaban J connectivity index is 2.42. The van der Waals surface area contributed by atoms with Gasteiger partial charge in [-0.25, -0.2) is 0 Å². The fraction of sp³-hybridized carbons (Fsp3) is 0.909. The van der Waals surface area contributed by atoms with E-state index in [9.17, 15) is 4.79 Å². The molecule has 0 bridgehead atoms. The molecular weight excluding hydrogens is 178 g/mol. The summed E-state index contributed by atoms with van der Waals surface area (Å²) in [6.45, 7) is 3.94. The van der Waals surface area contributed by atoms with Gasteiger partial charge < -0.3 is 10.5 Å². The highest BCUT2D eigenvalue weighted by Gasteiger charge is 2.30. The first kappa shape index (κ1) is 11.5. The van der Waals surface area contributed by atoms with E-state index < -0.39 is 0 Å². The third-order valence-electron chi connectivity index (χ3n) is 3.01. The minimum Gasteiger partial charge on any atom is -0.462 e. The van der Waals surface area contributed by atoms with Crippen LogP contribution in [-0.4, -0.2) is 18.1 Å². The molecule has 3 unspecified atom stereocenters. The first-order valence-corrected chi connectivity index (χ1v) is 5.61. The van der Waals surface area contributed by atoms with E-state index in [-0.39, 0.29) is 24.0 Å². The number of esters is 1. The van der Waals surface area contributed by atoms with Crippen LogP contribution >= 0.6 is 0 Å². The predicted molar refractivity (Wildman–Crippen MR) is 55.8 cm³/mol. The normalized spacial score (nSPS) is 29.6. The molecule has 0 amide bonds. The highest BCUT2D eigenvalue weighted by molar-refractivity contribution is 5.73. The number of nitrogens with two attached hydrogens (primary N) is 1. The summed E-state index contributed by atoms with van der Waals surface area (Å²) in [5, 5.41) is 0. The Morgan fingerprint density at radius 1 is 1.50 bits per heavy atom. The number of ether oxygens (including phenoxy) is 1. The zero-order chi connectivity index (χ0) is 10.6. The van der Waals surface area contributed by atoms with E-state index in [0.717, 1.165) is 32.1 Å². The molecule has 1 rings (SSSR count). The zero-order valence-electron chi connectivity index (χ0n) is 9.16. The van der Waals surface area contributed by atoms with Crippen LogP contribution in [0.4, 0.5) is 0 Å². The summed E-state index contributed by atoms with van der Waals surface area (Å²) in [5.74, 6) is -0.149. The van der Waals surface area contributed by atoms with Crippen molar-refractivity contribution in [2.24, 2.45) is 11.7 Å². The van der Waals surface area contributed by atoms with Crippen LogP contribution in [0.2, 0.25) is 0 Å². The van der Waals surface area contributed by atoms with E-state index in [1.54, 1.807) is 0 Å². The van der Waals surface area contributed by atoms with Crippen LogP contribution in [0.25, 0.3) is 0 Å². The lowest BCUT2D eigenvalue weighted by Gasteiger charge is -2.27. The largest absolute Gasteiger partial charge is 0.462 e. The summed E-state index contributed by atoms with van der Waals surface area (Å²) in [6, 6.07) is 0.0142. The molecule has 1 saturated carbocycles. The van der Waals surface area contributed by atoms with Crippen LogP contribution in [0.1, 0.15) is 46.0 Å². The van der Waals surface area contributed by atoms with Gasteiger partial charge in [-0.2, -0.15) is 0 Å². The van der Waals surface area contributed by atoms with Crippen molar-refractivity contribution in [2.75, 3.05) is 0 Å². The molecule has 0 spiro atoms. The van der Waals surface area contributed by atoms with E-state index >= 15 is 0 Å². The Bertz CT molecular complexity index is 194. The number of hydrogen-bond donors (Lipinski definition) is 1. The van der Waals surface area contributed by atoms with Crippen LogP contribution in [0.15, 0.2) is 0 Å². The van der Waals surface area contributed by atoms with Crippen molar-refractivity contribution in [1.29, 1.82) is 0 Å². The summed E-state index contributed by atoms with van der Waals surface area (Å²) in [5.41, 5.74) is 5.90. The Morgan fingerprint density at radius 3 is 2.71 bits per heavy atom. The maximum Gasteiger partial charge on any atom is 0.310 e. The Kier molecular flexibility index (Phi) is 4.39. The van der Waals surface area contributed by atoms with Crippen molar-refractivity contribution < 1.29 is 9.53 Å². The fourth-order valence-electron chi connectivity index (χ4n) is 1.82. The molecule has 0 aromatic carbocycles. The highest BCUT2D eigenvalue weighted by Crippen LogP contribution is 2.24. The van der Waals surface area contributed by atoms with Gasteiger partial charge in [0.05, 0.1) is 12.0 Å². The van der Waals surface area contributed by atoms with Crippen molar-refractivity contribution in [3.63, 3.8) is 0 Å². The topological polar surface area (TPSA) is 52.3 Å². The molecule has 1 aliphatic rings. The summed E-state index contributed by atoms with van der Waals surface area (Å²) < 4.78 is 5.29. The molecule has 3 atom stereocenters. The molecule has 14 heavy (non-hydrogen) atoms. The molecule has 1 fully saturated rings. The average Bonchev–Trinajstić information content (AvgIpc) is 2.18. The van der Waals surface area contributed by atoms with E-state index in [1.807, 2.05) is 13.8 Å². The lowest BCUT2D eigenvalue weighted by Crippen LogP contribution is -2.39. The molecule has 0 heterocycles. The summed E-state index contributed by atoms with van der Waals surface area (Å²) >= 11 is 0. The fourth-order valence-corrected chi connectivity index (χ4v) is 1.82. The van der Waals surface area contributed by atoms with Gasteiger partial charge in [0.15, 0.2) is 0 Å². The summed E-state index contributed by atoms with van der Waals surface area (Å²) in [6.07, 6.45) is 5.00. The SMILES string of the molecule is CCC(C)OC(=O)C1CCCCC1N. The number of carbonyl (C=O) groups excluding carboxylic acids is 1. The highest BCUT2D eigenvalue weighted by atomic mass is 16.5. The first-order chi connectivity index (χ1) is 6.65. The van der Waals surface area contributed by atoms with Gasteiger partial charge in [0.25, 0.3) is 0 Å². The molecule has 0 aromatic heterocycles. The van der Waals surface area contributed by atoms with Gasteiger partial charge in [0.1, 0.15) is 0 Å². The first-order valence-electron chi connectivity index (χ1n) is 5.61. The molecule has 82 valence electrons. The smallest absolute Gasteiger partial charge is 0.310 e. The van der Waals surface area contributed by atoms with Crippen molar-refractivity contribution >= 4 is 5.97 Å². The summed E-state index contributed by atoms with van der Waals surface area (Å²) in [4.78, 5) is 11.7. The molecule has 3 heteroatoms. The van der Waals surface area contributed by atoms with Gasteiger partial charge in [0, 0.05) is 6.04 Å². The van der Waals surface area contributed by atoms with Gasteiger partial charge in [-0.3, -0.25) is 4.79 Å². The predicted octanol–water partition coefficient (Wildman–Crippen LogP) is 1.85. The zero-order valence-corrected chi connectivity index (χ0v) is 9.16. The number of carbonyl (C=O) groups is 1. The quantitative estimate of drug-likeness (QED) is 0.706. The maximum atomic E-state index is 11.7. The molecule has 0 radical (unpaired) electrons. The average molecular weight is 199 g/mol. The summed E-state index contributed by atoms with van der Waals surface area (Å²) in [7, 11) is 0. The Labute approximate surface area is 86.0 Å². The van der Waals surface area contributed by atoms with Crippen LogP contribution in [0.5, 0.6) is 0 Å². The van der Waals surface area contributed by atoms with Gasteiger partial charge >= 0.3 is 5.97 Å². The van der Waals surface area contributed by atoms with E-state index in [4.69, 9.17) is 10.5 Å². The molecule has 0 aliphatic heterocycles. The standard InChI is InChI=1S/C11H21NO2/c1-3-8(2)14-11(13)9-6-4-5-7-10(9)12/h8-10H,3-7,12H2,1-2H3. The molecular formula is C11H21NO2. The van der Waals surface area contributed by atoms with Gasteiger partial charge in [-0.1, -0.05) is 19.8 Å². The second-order valence-corrected chi connectivity index (χ2v) is 4.21. The third kappa shape index (κ3) is 2.98. The molecule has 1 aliphatic carbocycles. The van der Waals surface area contributed by atoms with E-state index in [1.165, 1.54) is 0 Å². The Morgan fingerprint density at radius 2 is 2.14 bits per heavy atom. The molecule has 2 N–H and O–H groups in total. The Hall–Kier alpha value is -0.570. The van der Waals surface area contributed by atoms with Gasteiger partial charge in [0.2, 0.25) is 0 Å². The minimum absolute atomic E-state index is 0.0142. The van der Waals surface area contributed by atoms with Crippen LogP contribution in [0, 0.1) is 5.92 Å². The van der Waals surface area contributed by atoms with Crippen LogP contribution in [-0.2, 0) is 9.53 Å². The van der Waals surface area contributed by atoms with Crippen LogP contribution in [0.3, 0.4) is 0 Å². The number of rotatable bonds is 3. The lowest BCUT2D eigenvalue weighted by atomic mass is 9.85. The molecule has 0 saturated heterocycles. The monoisotopic (exact) mass is 199 g/mol. The van der Waals surface area contributed by atoms with Crippen LogP contribution < -0.4 is 5.73 Å².